The number of anilines is 1. The van der Waals surface area contributed by atoms with E-state index >= 15 is 0 Å². The molecule has 0 fully saturated rings. The maximum absolute atomic E-state index is 13.4. The highest BCUT2D eigenvalue weighted by Gasteiger charge is 2.31. The van der Waals surface area contributed by atoms with Crippen LogP contribution >= 0.6 is 0 Å². The molecule has 0 saturated heterocycles. The standard InChI is InChI=1S/C23H21FN8O/c1-23(2,33)21(14-3-5-17(24)6-4-14)32-13-16(10-27-32)19-12-26-11-18(28-19)15-7-8-31-20(9-15)29-22(25)30-31/h3-13,21,33H,1-2H3,(H2,25,30)/t21-/m1/s1. The van der Waals surface area contributed by atoms with E-state index in [0.29, 0.717) is 17.0 Å². The summed E-state index contributed by atoms with van der Waals surface area (Å²) in [4.78, 5) is 13.2. The van der Waals surface area contributed by atoms with E-state index < -0.39 is 11.6 Å². The normalized spacial score (nSPS) is 12.8. The summed E-state index contributed by atoms with van der Waals surface area (Å²) in [5.74, 6) is -0.143. The van der Waals surface area contributed by atoms with Crippen molar-refractivity contribution >= 4 is 11.6 Å². The molecule has 1 aromatic carbocycles. The third kappa shape index (κ3) is 4.03. The maximum atomic E-state index is 13.4. The van der Waals surface area contributed by atoms with Crippen molar-refractivity contribution in [2.24, 2.45) is 0 Å². The maximum Gasteiger partial charge on any atom is 0.240 e. The molecule has 33 heavy (non-hydrogen) atoms. The Morgan fingerprint density at radius 3 is 2.45 bits per heavy atom. The summed E-state index contributed by atoms with van der Waals surface area (Å²) in [6.45, 7) is 3.38. The topological polar surface area (TPSA) is 120 Å². The fraction of sp³-hybridized carbons (Fsp3) is 0.174. The smallest absolute Gasteiger partial charge is 0.240 e. The van der Waals surface area contributed by atoms with Crippen LogP contribution in [0.2, 0.25) is 0 Å². The fourth-order valence-electron chi connectivity index (χ4n) is 3.84. The molecule has 0 radical (unpaired) electrons. The van der Waals surface area contributed by atoms with Gasteiger partial charge in [0.2, 0.25) is 5.95 Å². The Kier molecular flexibility index (Phi) is 4.86. The van der Waals surface area contributed by atoms with Crippen molar-refractivity contribution in [1.82, 2.24) is 34.3 Å². The largest absolute Gasteiger partial charge is 0.388 e. The zero-order valence-electron chi connectivity index (χ0n) is 18.0. The fourth-order valence-corrected chi connectivity index (χ4v) is 3.84. The Labute approximate surface area is 188 Å². The van der Waals surface area contributed by atoms with Gasteiger partial charge in [-0.2, -0.15) is 10.1 Å². The molecule has 0 aliphatic heterocycles. The molecule has 0 spiro atoms. The molecule has 0 amide bonds. The van der Waals surface area contributed by atoms with Gasteiger partial charge < -0.3 is 10.8 Å². The monoisotopic (exact) mass is 444 g/mol. The van der Waals surface area contributed by atoms with Crippen molar-refractivity contribution in [2.75, 3.05) is 5.73 Å². The minimum Gasteiger partial charge on any atom is -0.388 e. The number of aliphatic hydroxyl groups is 1. The van der Waals surface area contributed by atoms with Crippen LogP contribution in [0.15, 0.2) is 67.4 Å². The SMILES string of the molecule is CC(C)(O)[C@@H](c1ccc(F)cc1)n1cc(-c2cncc(-c3ccn4nc(N)nc4c3)n2)cn1. The van der Waals surface area contributed by atoms with Crippen molar-refractivity contribution < 1.29 is 9.50 Å². The first-order valence-electron chi connectivity index (χ1n) is 10.2. The molecule has 0 unspecified atom stereocenters. The summed E-state index contributed by atoms with van der Waals surface area (Å²) in [5.41, 5.74) is 8.69. The number of nitrogens with two attached hydrogens (primary N) is 1. The molecule has 4 aromatic heterocycles. The lowest BCUT2D eigenvalue weighted by Gasteiger charge is -2.30. The second-order valence-corrected chi connectivity index (χ2v) is 8.29. The number of aromatic nitrogens is 7. The Hall–Kier alpha value is -4.18. The van der Waals surface area contributed by atoms with Gasteiger partial charge in [-0.25, -0.2) is 13.9 Å². The van der Waals surface area contributed by atoms with E-state index in [-0.39, 0.29) is 11.8 Å². The molecule has 0 aliphatic rings. The van der Waals surface area contributed by atoms with Crippen molar-refractivity contribution in [3.8, 4) is 22.5 Å². The van der Waals surface area contributed by atoms with Crippen LogP contribution in [0, 0.1) is 5.82 Å². The van der Waals surface area contributed by atoms with Gasteiger partial charge in [0.1, 0.15) is 11.9 Å². The van der Waals surface area contributed by atoms with Gasteiger partial charge in [0.05, 0.1) is 35.6 Å². The van der Waals surface area contributed by atoms with Crippen molar-refractivity contribution in [3.05, 3.63) is 78.8 Å². The average molecular weight is 444 g/mol. The molecule has 0 bridgehead atoms. The number of pyridine rings is 1. The van der Waals surface area contributed by atoms with E-state index in [1.165, 1.54) is 12.1 Å². The summed E-state index contributed by atoms with van der Waals surface area (Å²) in [5, 5.41) is 19.4. The predicted molar refractivity (Wildman–Crippen MR) is 120 cm³/mol. The molecule has 5 aromatic rings. The van der Waals surface area contributed by atoms with Gasteiger partial charge in [0.25, 0.3) is 0 Å². The van der Waals surface area contributed by atoms with Gasteiger partial charge in [-0.05, 0) is 43.7 Å². The number of halogens is 1. The lowest BCUT2D eigenvalue weighted by atomic mass is 9.92. The zero-order chi connectivity index (χ0) is 23.2. The van der Waals surface area contributed by atoms with Crippen molar-refractivity contribution in [1.29, 1.82) is 0 Å². The van der Waals surface area contributed by atoms with Crippen LogP contribution in [-0.2, 0) is 0 Å². The van der Waals surface area contributed by atoms with E-state index in [9.17, 15) is 9.50 Å². The van der Waals surface area contributed by atoms with Gasteiger partial charge in [-0.15, -0.1) is 5.10 Å². The van der Waals surface area contributed by atoms with Crippen LogP contribution < -0.4 is 5.73 Å². The van der Waals surface area contributed by atoms with Crippen LogP contribution in [0.1, 0.15) is 25.5 Å². The first kappa shape index (κ1) is 20.7. The van der Waals surface area contributed by atoms with E-state index in [1.807, 2.05) is 12.1 Å². The highest BCUT2D eigenvalue weighted by atomic mass is 19.1. The lowest BCUT2D eigenvalue weighted by molar-refractivity contribution is 0.0345. The van der Waals surface area contributed by atoms with Gasteiger partial charge in [0, 0.05) is 23.5 Å². The van der Waals surface area contributed by atoms with Crippen LogP contribution in [0.25, 0.3) is 28.2 Å². The number of hydrogen-bond acceptors (Lipinski definition) is 7. The third-order valence-corrected chi connectivity index (χ3v) is 5.30. The number of rotatable bonds is 5. The molecule has 9 nitrogen and oxygen atoms in total. The van der Waals surface area contributed by atoms with Crippen LogP contribution in [-0.4, -0.2) is 45.1 Å². The predicted octanol–water partition coefficient (Wildman–Crippen LogP) is 3.13. The summed E-state index contributed by atoms with van der Waals surface area (Å²) < 4.78 is 16.7. The van der Waals surface area contributed by atoms with Gasteiger partial charge in [0.15, 0.2) is 5.65 Å². The van der Waals surface area contributed by atoms with Crippen LogP contribution in [0.4, 0.5) is 10.3 Å². The second-order valence-electron chi connectivity index (χ2n) is 8.29. The Morgan fingerprint density at radius 2 is 1.73 bits per heavy atom. The molecule has 166 valence electrons. The molecular formula is C23H21FN8O. The zero-order valence-corrected chi connectivity index (χ0v) is 18.0. The molecule has 3 N–H and O–H groups in total. The highest BCUT2D eigenvalue weighted by Crippen LogP contribution is 2.31. The van der Waals surface area contributed by atoms with Gasteiger partial charge in [-0.1, -0.05) is 12.1 Å². The van der Waals surface area contributed by atoms with E-state index in [2.05, 4.69) is 20.2 Å². The Bertz CT molecular complexity index is 1440. The quantitative estimate of drug-likeness (QED) is 0.427. The Morgan fingerprint density at radius 1 is 1.00 bits per heavy atom. The molecular weight excluding hydrogens is 423 g/mol. The summed E-state index contributed by atoms with van der Waals surface area (Å²) in [7, 11) is 0. The minimum atomic E-state index is -1.15. The van der Waals surface area contributed by atoms with Crippen LogP contribution in [0.5, 0.6) is 0 Å². The number of benzene rings is 1. The molecule has 5 rings (SSSR count). The number of nitrogens with zero attached hydrogens (tertiary/aromatic N) is 7. The van der Waals surface area contributed by atoms with E-state index in [0.717, 1.165) is 16.7 Å². The molecule has 0 aliphatic carbocycles. The van der Waals surface area contributed by atoms with Crippen LogP contribution in [0.3, 0.4) is 0 Å². The van der Waals surface area contributed by atoms with E-state index in [4.69, 9.17) is 10.7 Å². The van der Waals surface area contributed by atoms with Gasteiger partial charge in [-0.3, -0.25) is 9.67 Å². The number of nitrogen functional groups attached to an aromatic ring is 1. The highest BCUT2D eigenvalue weighted by molar-refractivity contribution is 5.67. The third-order valence-electron chi connectivity index (χ3n) is 5.30. The van der Waals surface area contributed by atoms with E-state index in [1.54, 1.807) is 66.2 Å². The molecule has 1 atom stereocenters. The Balaban J connectivity index is 1.50. The molecule has 10 heteroatoms. The summed E-state index contributed by atoms with van der Waals surface area (Å²) >= 11 is 0. The molecule has 4 heterocycles. The first-order chi connectivity index (χ1) is 15.8. The van der Waals surface area contributed by atoms with Crippen molar-refractivity contribution in [2.45, 2.75) is 25.5 Å². The van der Waals surface area contributed by atoms with Gasteiger partial charge >= 0.3 is 0 Å². The number of fused-ring (bicyclic) bond motifs is 1. The summed E-state index contributed by atoms with van der Waals surface area (Å²) in [6.07, 6.45) is 8.53. The lowest BCUT2D eigenvalue weighted by Crippen LogP contribution is -2.34. The molecule has 0 saturated carbocycles. The summed E-state index contributed by atoms with van der Waals surface area (Å²) in [6, 6.07) is 9.20. The average Bonchev–Trinajstić information content (AvgIpc) is 3.40. The first-order valence-corrected chi connectivity index (χ1v) is 10.2. The minimum absolute atomic E-state index is 0.196. The number of hydrogen-bond donors (Lipinski definition) is 2. The van der Waals surface area contributed by atoms with Crippen molar-refractivity contribution in [3.63, 3.8) is 0 Å². The second kappa shape index (κ2) is 7.75.